The topological polar surface area (TPSA) is 115 Å². The maximum absolute atomic E-state index is 13.3. The van der Waals surface area contributed by atoms with Crippen LogP contribution in [0.3, 0.4) is 0 Å². The highest BCUT2D eigenvalue weighted by Crippen LogP contribution is 2.32. The lowest BCUT2D eigenvalue weighted by molar-refractivity contribution is -0.387. The van der Waals surface area contributed by atoms with E-state index in [-0.39, 0.29) is 16.9 Å². The molecule has 0 aliphatic carbocycles. The van der Waals surface area contributed by atoms with Crippen molar-refractivity contribution in [3.63, 3.8) is 0 Å². The highest BCUT2D eigenvalue weighted by atomic mass is 19.1. The predicted octanol–water partition coefficient (Wildman–Crippen LogP) is 4.19. The molecular weight excluding hydrogens is 345 g/mol. The van der Waals surface area contributed by atoms with Crippen molar-refractivity contribution >= 4 is 23.0 Å². The van der Waals surface area contributed by atoms with Gasteiger partial charge in [-0.1, -0.05) is 26.8 Å². The van der Waals surface area contributed by atoms with Crippen LogP contribution in [0.1, 0.15) is 36.7 Å². The van der Waals surface area contributed by atoms with Gasteiger partial charge >= 0.3 is 5.69 Å². The van der Waals surface area contributed by atoms with Crippen molar-refractivity contribution in [2.24, 2.45) is 0 Å². The van der Waals surface area contributed by atoms with Gasteiger partial charge in [-0.05, 0) is 23.6 Å². The molecule has 2 rings (SSSR count). The number of carbonyl (C=O) groups is 1. The first-order chi connectivity index (χ1) is 12.0. The zero-order valence-electron chi connectivity index (χ0n) is 14.3. The molecule has 0 atom stereocenters. The molecule has 26 heavy (non-hydrogen) atoms. The quantitative estimate of drug-likeness (QED) is 0.647. The second-order valence-electron chi connectivity index (χ2n) is 6.62. The summed E-state index contributed by atoms with van der Waals surface area (Å²) in [5, 5.41) is 24.4. The minimum atomic E-state index is -1.03. The van der Waals surface area contributed by atoms with E-state index in [1.165, 1.54) is 12.1 Å². The van der Waals surface area contributed by atoms with Crippen molar-refractivity contribution in [1.29, 1.82) is 0 Å². The van der Waals surface area contributed by atoms with Gasteiger partial charge in [-0.2, -0.15) is 4.39 Å². The number of rotatable bonds is 4. The van der Waals surface area contributed by atoms with E-state index in [2.05, 4.69) is 5.32 Å². The molecule has 1 N–H and O–H groups in total. The largest absolute Gasteiger partial charge is 0.322 e. The summed E-state index contributed by atoms with van der Waals surface area (Å²) in [7, 11) is 0. The van der Waals surface area contributed by atoms with Crippen LogP contribution in [0.25, 0.3) is 0 Å². The fraction of sp³-hybridized carbons (Fsp3) is 0.235. The minimum absolute atomic E-state index is 0.00523. The number of nitrogens with one attached hydrogen (secondary N) is 1. The molecule has 0 fully saturated rings. The van der Waals surface area contributed by atoms with Gasteiger partial charge in [-0.3, -0.25) is 25.0 Å². The van der Waals surface area contributed by atoms with Gasteiger partial charge in [0.15, 0.2) is 0 Å². The van der Waals surface area contributed by atoms with Gasteiger partial charge < -0.3 is 5.32 Å². The van der Waals surface area contributed by atoms with Crippen molar-refractivity contribution in [1.82, 2.24) is 0 Å². The summed E-state index contributed by atoms with van der Waals surface area (Å²) in [6, 6.07) is 6.98. The Labute approximate surface area is 147 Å². The molecule has 0 saturated heterocycles. The van der Waals surface area contributed by atoms with Crippen molar-refractivity contribution in [2.45, 2.75) is 26.2 Å². The first-order valence-corrected chi connectivity index (χ1v) is 7.55. The van der Waals surface area contributed by atoms with Crippen LogP contribution in [-0.2, 0) is 5.41 Å². The van der Waals surface area contributed by atoms with Crippen LogP contribution in [0.2, 0.25) is 0 Å². The van der Waals surface area contributed by atoms with E-state index >= 15 is 0 Å². The SMILES string of the molecule is CC(C)(C)c1ccc(C(=O)Nc2ccc(F)c([N+](=O)[O-])c2)cc1[N+](=O)[O-]. The van der Waals surface area contributed by atoms with Gasteiger partial charge in [0, 0.05) is 28.9 Å². The van der Waals surface area contributed by atoms with Crippen LogP contribution in [0.5, 0.6) is 0 Å². The molecule has 2 aromatic carbocycles. The first kappa shape index (κ1) is 19.0. The number of halogens is 1. The Bertz CT molecular complexity index is 906. The number of anilines is 1. The van der Waals surface area contributed by atoms with Crippen LogP contribution in [-0.4, -0.2) is 15.8 Å². The fourth-order valence-electron chi connectivity index (χ4n) is 2.39. The molecule has 136 valence electrons. The summed E-state index contributed by atoms with van der Waals surface area (Å²) in [6.45, 7) is 5.44. The Balaban J connectivity index is 2.36. The molecule has 0 radical (unpaired) electrons. The Morgan fingerprint density at radius 1 is 1.00 bits per heavy atom. The second-order valence-corrected chi connectivity index (χ2v) is 6.62. The summed E-state index contributed by atoms with van der Waals surface area (Å²) in [5.41, 5.74) is -0.986. The summed E-state index contributed by atoms with van der Waals surface area (Å²) < 4.78 is 13.3. The average molecular weight is 361 g/mol. The molecule has 2 aromatic rings. The lowest BCUT2D eigenvalue weighted by Gasteiger charge is -2.19. The van der Waals surface area contributed by atoms with Crippen molar-refractivity contribution in [3.8, 4) is 0 Å². The molecule has 0 aromatic heterocycles. The van der Waals surface area contributed by atoms with Crippen molar-refractivity contribution < 1.29 is 19.0 Å². The molecular formula is C17H16FN3O5. The fourth-order valence-corrected chi connectivity index (χ4v) is 2.39. The number of hydrogen-bond acceptors (Lipinski definition) is 5. The molecule has 0 spiro atoms. The average Bonchev–Trinajstić information content (AvgIpc) is 2.54. The van der Waals surface area contributed by atoms with E-state index in [0.717, 1.165) is 24.3 Å². The lowest BCUT2D eigenvalue weighted by atomic mass is 9.85. The molecule has 0 heterocycles. The van der Waals surface area contributed by atoms with E-state index in [0.29, 0.717) is 5.56 Å². The molecule has 0 aliphatic heterocycles. The van der Waals surface area contributed by atoms with Gasteiger partial charge in [0.05, 0.1) is 9.85 Å². The van der Waals surface area contributed by atoms with Gasteiger partial charge in [-0.25, -0.2) is 0 Å². The maximum atomic E-state index is 13.3. The van der Waals surface area contributed by atoms with Gasteiger partial charge in [0.2, 0.25) is 5.82 Å². The van der Waals surface area contributed by atoms with E-state index in [4.69, 9.17) is 0 Å². The smallest absolute Gasteiger partial charge is 0.306 e. The van der Waals surface area contributed by atoms with Crippen LogP contribution < -0.4 is 5.32 Å². The number of benzene rings is 2. The zero-order chi connectivity index (χ0) is 19.6. The molecule has 8 nitrogen and oxygen atoms in total. The Morgan fingerprint density at radius 2 is 1.62 bits per heavy atom. The number of amides is 1. The molecule has 0 aliphatic rings. The second kappa shape index (κ2) is 6.87. The van der Waals surface area contributed by atoms with E-state index in [1.54, 1.807) is 0 Å². The van der Waals surface area contributed by atoms with E-state index in [9.17, 15) is 29.4 Å². The normalized spacial score (nSPS) is 11.1. The van der Waals surface area contributed by atoms with Crippen LogP contribution >= 0.6 is 0 Å². The highest BCUT2D eigenvalue weighted by molar-refractivity contribution is 6.04. The summed E-state index contributed by atoms with van der Waals surface area (Å²) in [5.74, 6) is -1.73. The van der Waals surface area contributed by atoms with Crippen molar-refractivity contribution in [2.75, 3.05) is 5.32 Å². The molecule has 0 bridgehead atoms. The summed E-state index contributed by atoms with van der Waals surface area (Å²) >= 11 is 0. The third kappa shape index (κ3) is 4.00. The van der Waals surface area contributed by atoms with E-state index in [1.807, 2.05) is 20.8 Å². The van der Waals surface area contributed by atoms with Gasteiger partial charge in [-0.15, -0.1) is 0 Å². The maximum Gasteiger partial charge on any atom is 0.306 e. The number of hydrogen-bond donors (Lipinski definition) is 1. The van der Waals surface area contributed by atoms with Gasteiger partial charge in [0.1, 0.15) is 0 Å². The first-order valence-electron chi connectivity index (χ1n) is 7.55. The van der Waals surface area contributed by atoms with Crippen molar-refractivity contribution in [3.05, 3.63) is 73.6 Å². The minimum Gasteiger partial charge on any atom is -0.322 e. The monoisotopic (exact) mass is 361 g/mol. The highest BCUT2D eigenvalue weighted by Gasteiger charge is 2.26. The third-order valence-electron chi connectivity index (χ3n) is 3.67. The number of nitrogens with zero attached hydrogens (tertiary/aromatic N) is 2. The molecule has 9 heteroatoms. The van der Waals surface area contributed by atoms with Gasteiger partial charge in [0.25, 0.3) is 11.6 Å². The molecule has 1 amide bonds. The lowest BCUT2D eigenvalue weighted by Crippen LogP contribution is -2.16. The number of nitro benzene ring substituents is 2. The number of nitro groups is 2. The van der Waals surface area contributed by atoms with Crippen LogP contribution in [0, 0.1) is 26.0 Å². The Kier molecular flexibility index (Phi) is 5.01. The van der Waals surface area contributed by atoms with E-state index < -0.39 is 32.7 Å². The van der Waals surface area contributed by atoms with Crippen LogP contribution in [0.4, 0.5) is 21.5 Å². The third-order valence-corrected chi connectivity index (χ3v) is 3.67. The summed E-state index contributed by atoms with van der Waals surface area (Å²) in [6.07, 6.45) is 0. The predicted molar refractivity (Wildman–Crippen MR) is 92.8 cm³/mol. The summed E-state index contributed by atoms with van der Waals surface area (Å²) in [4.78, 5) is 32.9. The molecule has 0 saturated carbocycles. The van der Waals surface area contributed by atoms with Crippen LogP contribution in [0.15, 0.2) is 36.4 Å². The molecule has 0 unspecified atom stereocenters. The zero-order valence-corrected chi connectivity index (χ0v) is 14.3. The standard InChI is InChI=1S/C17H16FN3O5/c1-17(2,3)12-6-4-10(8-14(12)20(23)24)16(22)19-11-5-7-13(18)15(9-11)21(25)26/h4-9H,1-3H3,(H,19,22). The Morgan fingerprint density at radius 3 is 2.15 bits per heavy atom. The Hall–Kier alpha value is -3.36. The number of carbonyl (C=O) groups excluding carboxylic acids is 1.